The number of nitrogens with zero attached hydrogens (tertiary/aromatic N) is 2. The van der Waals surface area contributed by atoms with Crippen LogP contribution in [0.2, 0.25) is 0 Å². The van der Waals surface area contributed by atoms with E-state index in [2.05, 4.69) is 16.7 Å². The molecule has 0 atom stereocenters. The van der Waals surface area contributed by atoms with Crippen LogP contribution < -0.4 is 5.73 Å². The van der Waals surface area contributed by atoms with E-state index >= 15 is 0 Å². The molecular weight excluding hydrogens is 140 g/mol. The zero-order chi connectivity index (χ0) is 7.83. The molecule has 0 unspecified atom stereocenters. The first-order valence-corrected chi connectivity index (χ1v) is 2.58. The largest absolute Gasteiger partial charge is 0.357 e. The van der Waals surface area contributed by atoms with Gasteiger partial charge in [0.05, 0.1) is 0 Å². The fourth-order valence-corrected chi connectivity index (χ4v) is 0.511. The number of terminal acetylenes is 1. The zero-order valence-electron chi connectivity index (χ0n) is 5.01. The van der Waals surface area contributed by atoms with Crippen molar-refractivity contribution in [1.29, 1.82) is 0 Å². The second-order valence-electron chi connectivity index (χ2n) is 1.94. The third kappa shape index (κ3) is 0.693. The molecule has 1 aliphatic heterocycles. The van der Waals surface area contributed by atoms with Crippen LogP contribution in [0, 0.1) is 12.3 Å². The van der Waals surface area contributed by atoms with E-state index in [9.17, 15) is 8.78 Å². The van der Waals surface area contributed by atoms with Crippen molar-refractivity contribution in [1.82, 2.24) is 0 Å². The second-order valence-corrected chi connectivity index (χ2v) is 1.94. The van der Waals surface area contributed by atoms with Gasteiger partial charge in [0, 0.05) is 6.54 Å². The number of nitrogens with two attached hydrogens (primary N) is 1. The highest BCUT2D eigenvalue weighted by atomic mass is 19.3. The molecule has 54 valence electrons. The van der Waals surface area contributed by atoms with Crippen LogP contribution in [0.3, 0.4) is 0 Å². The lowest BCUT2D eigenvalue weighted by Crippen LogP contribution is -2.41. The Morgan fingerprint density at radius 3 is 2.20 bits per heavy atom. The van der Waals surface area contributed by atoms with Crippen molar-refractivity contribution in [3.8, 4) is 12.3 Å². The molecule has 1 aliphatic rings. The van der Waals surface area contributed by atoms with Gasteiger partial charge in [0.25, 0.3) is 5.66 Å². The minimum absolute atomic E-state index is 0.343. The van der Waals surface area contributed by atoms with Crippen LogP contribution in [-0.4, -0.2) is 18.1 Å². The Bertz CT molecular complexity index is 209. The molecule has 0 saturated carbocycles. The van der Waals surface area contributed by atoms with Gasteiger partial charge in [-0.25, -0.2) is 0 Å². The van der Waals surface area contributed by atoms with Crippen LogP contribution in [0.1, 0.15) is 0 Å². The van der Waals surface area contributed by atoms with Crippen LogP contribution in [0.4, 0.5) is 8.78 Å². The summed E-state index contributed by atoms with van der Waals surface area (Å²) < 4.78 is 25.0. The Labute approximate surface area is 56.3 Å². The molecule has 0 amide bonds. The van der Waals surface area contributed by atoms with Gasteiger partial charge < -0.3 is 5.73 Å². The van der Waals surface area contributed by atoms with Crippen molar-refractivity contribution < 1.29 is 8.78 Å². The van der Waals surface area contributed by atoms with Gasteiger partial charge in [-0.3, -0.25) is 0 Å². The molecule has 10 heavy (non-hydrogen) atoms. The van der Waals surface area contributed by atoms with Gasteiger partial charge in [-0.15, -0.1) is 16.7 Å². The van der Waals surface area contributed by atoms with E-state index in [4.69, 9.17) is 5.73 Å². The molecule has 0 radical (unpaired) electrons. The summed E-state index contributed by atoms with van der Waals surface area (Å²) in [5.74, 6) is -2.04. The predicted octanol–water partition coefficient (Wildman–Crippen LogP) is 0.376. The first-order chi connectivity index (χ1) is 4.58. The van der Waals surface area contributed by atoms with Crippen molar-refractivity contribution in [3.05, 3.63) is 0 Å². The molecule has 2 N–H and O–H groups in total. The first kappa shape index (κ1) is 7.09. The van der Waals surface area contributed by atoms with Gasteiger partial charge >= 0.3 is 5.92 Å². The molecule has 0 fully saturated rings. The Balaban J connectivity index is 2.75. The van der Waals surface area contributed by atoms with Crippen molar-refractivity contribution in [3.63, 3.8) is 0 Å². The summed E-state index contributed by atoms with van der Waals surface area (Å²) in [5.41, 5.74) is 3.16. The molecule has 0 spiro atoms. The molecule has 0 aromatic rings. The minimum Gasteiger partial charge on any atom is -0.326 e. The van der Waals surface area contributed by atoms with Gasteiger partial charge in [-0.2, -0.15) is 8.78 Å². The summed E-state index contributed by atoms with van der Waals surface area (Å²) in [6, 6.07) is 0. The third-order valence-electron chi connectivity index (χ3n) is 1.31. The van der Waals surface area contributed by atoms with Gasteiger partial charge in [0.15, 0.2) is 0 Å². The summed E-state index contributed by atoms with van der Waals surface area (Å²) >= 11 is 0. The molecule has 0 aromatic heterocycles. The molecule has 1 heterocycles. The van der Waals surface area contributed by atoms with E-state index < -0.39 is 11.6 Å². The van der Waals surface area contributed by atoms with Crippen molar-refractivity contribution >= 4 is 0 Å². The smallest absolute Gasteiger partial charge is 0.326 e. The second kappa shape index (κ2) is 1.73. The molecular formula is C5H5F2N3. The van der Waals surface area contributed by atoms with Gasteiger partial charge in [0.2, 0.25) is 0 Å². The molecule has 3 nitrogen and oxygen atoms in total. The van der Waals surface area contributed by atoms with Crippen LogP contribution in [0.5, 0.6) is 0 Å². The number of halogens is 2. The molecule has 0 aromatic carbocycles. The maximum Gasteiger partial charge on any atom is 0.357 e. The SMILES string of the molecule is C#CC(F)(F)C1(CN)N=N1. The van der Waals surface area contributed by atoms with Gasteiger partial charge in [-0.1, -0.05) is 0 Å². The van der Waals surface area contributed by atoms with Crippen LogP contribution >= 0.6 is 0 Å². The van der Waals surface area contributed by atoms with Crippen molar-refractivity contribution in [2.45, 2.75) is 11.6 Å². The lowest BCUT2D eigenvalue weighted by molar-refractivity contribution is 0.0199. The Morgan fingerprint density at radius 2 is 2.10 bits per heavy atom. The van der Waals surface area contributed by atoms with Crippen LogP contribution in [0.15, 0.2) is 10.2 Å². The van der Waals surface area contributed by atoms with E-state index in [1.165, 1.54) is 5.92 Å². The fraction of sp³-hybridized carbons (Fsp3) is 0.600. The maximum absolute atomic E-state index is 12.5. The fourth-order valence-electron chi connectivity index (χ4n) is 0.511. The van der Waals surface area contributed by atoms with E-state index in [-0.39, 0.29) is 6.54 Å². The Hall–Kier alpha value is -1.02. The zero-order valence-corrected chi connectivity index (χ0v) is 5.01. The average Bonchev–Trinajstić information content (AvgIpc) is 2.67. The van der Waals surface area contributed by atoms with Crippen molar-refractivity contribution in [2.24, 2.45) is 16.0 Å². The first-order valence-electron chi connectivity index (χ1n) is 2.58. The molecule has 5 heteroatoms. The molecule has 0 saturated heterocycles. The number of hydrogen-bond acceptors (Lipinski definition) is 3. The highest BCUT2D eigenvalue weighted by Crippen LogP contribution is 2.41. The summed E-state index contributed by atoms with van der Waals surface area (Å²) in [6.45, 7) is -0.343. The molecule has 0 aliphatic carbocycles. The Kier molecular flexibility index (Phi) is 1.23. The van der Waals surface area contributed by atoms with Crippen LogP contribution in [-0.2, 0) is 0 Å². The van der Waals surface area contributed by atoms with E-state index in [0.29, 0.717) is 0 Å². The molecule has 1 rings (SSSR count). The maximum atomic E-state index is 12.5. The Morgan fingerprint density at radius 1 is 1.60 bits per heavy atom. The normalized spacial score (nSPS) is 20.2. The average molecular weight is 145 g/mol. The summed E-state index contributed by atoms with van der Waals surface area (Å²) in [7, 11) is 0. The summed E-state index contributed by atoms with van der Waals surface area (Å²) in [5, 5.41) is 6.20. The number of hydrogen-bond donors (Lipinski definition) is 1. The minimum atomic E-state index is -3.33. The quantitative estimate of drug-likeness (QED) is 0.561. The summed E-state index contributed by atoms with van der Waals surface area (Å²) in [4.78, 5) is 0. The number of rotatable bonds is 2. The molecule has 0 bridgehead atoms. The topological polar surface area (TPSA) is 50.7 Å². The van der Waals surface area contributed by atoms with Crippen LogP contribution in [0.25, 0.3) is 0 Å². The van der Waals surface area contributed by atoms with E-state index in [1.54, 1.807) is 0 Å². The highest BCUT2D eigenvalue weighted by molar-refractivity contribution is 5.19. The van der Waals surface area contributed by atoms with Gasteiger partial charge in [0.1, 0.15) is 0 Å². The lowest BCUT2D eigenvalue weighted by atomic mass is 10.1. The van der Waals surface area contributed by atoms with Gasteiger partial charge in [-0.05, 0) is 5.92 Å². The monoisotopic (exact) mass is 145 g/mol. The summed E-state index contributed by atoms with van der Waals surface area (Å²) in [6.07, 6.45) is 4.53. The highest BCUT2D eigenvalue weighted by Gasteiger charge is 2.60. The lowest BCUT2D eigenvalue weighted by Gasteiger charge is -2.13. The van der Waals surface area contributed by atoms with E-state index in [0.717, 1.165) is 0 Å². The predicted molar refractivity (Wildman–Crippen MR) is 30.4 cm³/mol. The van der Waals surface area contributed by atoms with E-state index in [1.807, 2.05) is 0 Å². The standard InChI is InChI=1S/C5H5F2N3/c1-2-4(6,7)5(3-8)9-10-5/h1H,3,8H2. The van der Waals surface area contributed by atoms with Crippen molar-refractivity contribution in [2.75, 3.05) is 6.54 Å². The third-order valence-corrected chi connectivity index (χ3v) is 1.31. The number of alkyl halides is 2.